The van der Waals surface area contributed by atoms with E-state index in [1.54, 1.807) is 6.07 Å². The maximum absolute atomic E-state index is 12.9. The summed E-state index contributed by atoms with van der Waals surface area (Å²) in [5.41, 5.74) is 4.63. The Kier molecular flexibility index (Phi) is 3.14. The van der Waals surface area contributed by atoms with Gasteiger partial charge in [-0.2, -0.15) is 13.2 Å². The van der Waals surface area contributed by atoms with E-state index in [1.165, 1.54) is 12.1 Å². The summed E-state index contributed by atoms with van der Waals surface area (Å²) in [6, 6.07) is 5.61. The molecule has 0 bridgehead atoms. The van der Waals surface area contributed by atoms with Crippen molar-refractivity contribution in [2.24, 2.45) is 5.73 Å². The summed E-state index contributed by atoms with van der Waals surface area (Å²) in [5, 5.41) is 0. The van der Waals surface area contributed by atoms with Crippen LogP contribution in [0.25, 0.3) is 0 Å². The molecule has 0 aliphatic carbocycles. The van der Waals surface area contributed by atoms with Crippen LogP contribution in [-0.2, 0) is 16.3 Å². The molecule has 94 valence electrons. The fraction of sp³-hybridized carbons (Fsp3) is 0.500. The smallest absolute Gasteiger partial charge is 0.380 e. The molecule has 0 radical (unpaired) electrons. The minimum Gasteiger partial charge on any atom is -0.380 e. The van der Waals surface area contributed by atoms with Crippen LogP contribution in [0.4, 0.5) is 13.2 Å². The normalized spacial score (nSPS) is 25.2. The average Bonchev–Trinajstić information content (AvgIpc) is 2.78. The molecule has 0 saturated carbocycles. The molecule has 2 rings (SSSR count). The number of rotatable bonds is 2. The first kappa shape index (κ1) is 12.4. The molecule has 1 atom stereocenters. The van der Waals surface area contributed by atoms with E-state index in [0.29, 0.717) is 13.0 Å². The van der Waals surface area contributed by atoms with E-state index in [2.05, 4.69) is 0 Å². The lowest BCUT2D eigenvalue weighted by Crippen LogP contribution is -2.37. The molecular weight excluding hydrogens is 231 g/mol. The van der Waals surface area contributed by atoms with E-state index in [1.807, 2.05) is 0 Å². The molecule has 1 aliphatic heterocycles. The fourth-order valence-electron chi connectivity index (χ4n) is 2.28. The van der Waals surface area contributed by atoms with Gasteiger partial charge in [0.1, 0.15) is 0 Å². The highest BCUT2D eigenvalue weighted by molar-refractivity contribution is 5.37. The van der Waals surface area contributed by atoms with Crippen LogP contribution >= 0.6 is 0 Å². The van der Waals surface area contributed by atoms with Crippen molar-refractivity contribution < 1.29 is 17.9 Å². The molecule has 0 spiro atoms. The van der Waals surface area contributed by atoms with Crippen LogP contribution in [0.2, 0.25) is 0 Å². The van der Waals surface area contributed by atoms with Gasteiger partial charge in [-0.05, 0) is 18.1 Å². The Morgan fingerprint density at radius 3 is 2.53 bits per heavy atom. The number of hydrogen-bond donors (Lipinski definition) is 1. The van der Waals surface area contributed by atoms with Gasteiger partial charge in [-0.15, -0.1) is 0 Å². The van der Waals surface area contributed by atoms with Gasteiger partial charge >= 0.3 is 6.18 Å². The Morgan fingerprint density at radius 2 is 2.00 bits per heavy atom. The maximum Gasteiger partial charge on any atom is 0.416 e. The molecule has 1 aromatic carbocycles. The van der Waals surface area contributed by atoms with Crippen molar-refractivity contribution in [3.8, 4) is 0 Å². The van der Waals surface area contributed by atoms with Gasteiger partial charge in [-0.3, -0.25) is 0 Å². The summed E-state index contributed by atoms with van der Waals surface area (Å²) in [4.78, 5) is 0. The molecule has 2 N–H and O–H groups in total. The van der Waals surface area contributed by atoms with Gasteiger partial charge < -0.3 is 10.5 Å². The second-order valence-electron chi connectivity index (χ2n) is 4.33. The third-order valence-corrected chi connectivity index (χ3v) is 3.30. The van der Waals surface area contributed by atoms with Gasteiger partial charge in [0.15, 0.2) is 0 Å². The van der Waals surface area contributed by atoms with Crippen molar-refractivity contribution in [3.05, 3.63) is 35.4 Å². The van der Waals surface area contributed by atoms with Gasteiger partial charge in [0.2, 0.25) is 0 Å². The molecule has 1 fully saturated rings. The summed E-state index contributed by atoms with van der Waals surface area (Å²) >= 11 is 0. The van der Waals surface area contributed by atoms with Gasteiger partial charge in [-0.25, -0.2) is 0 Å². The van der Waals surface area contributed by atoms with E-state index in [-0.39, 0.29) is 18.7 Å². The number of nitrogens with two attached hydrogens (primary N) is 1. The molecule has 1 heterocycles. The summed E-state index contributed by atoms with van der Waals surface area (Å²) in [6.07, 6.45) is -3.81. The number of alkyl halides is 3. The van der Waals surface area contributed by atoms with Crippen molar-refractivity contribution in [2.45, 2.75) is 18.0 Å². The van der Waals surface area contributed by atoms with Gasteiger partial charge in [-0.1, -0.05) is 18.2 Å². The molecule has 1 unspecified atom stereocenters. The zero-order chi connectivity index (χ0) is 12.5. The van der Waals surface area contributed by atoms with E-state index in [4.69, 9.17) is 10.5 Å². The fourth-order valence-corrected chi connectivity index (χ4v) is 2.28. The molecule has 0 aromatic heterocycles. The highest BCUT2D eigenvalue weighted by Gasteiger charge is 2.43. The largest absolute Gasteiger partial charge is 0.416 e. The standard InChI is InChI=1S/C12H14F3NO/c13-12(14,15)10-4-2-1-3-9(10)11(7-16)5-6-17-8-11/h1-4H,5-8,16H2. The van der Waals surface area contributed by atoms with Crippen molar-refractivity contribution in [1.29, 1.82) is 0 Å². The molecule has 1 aromatic rings. The summed E-state index contributed by atoms with van der Waals surface area (Å²) in [7, 11) is 0. The second-order valence-corrected chi connectivity index (χ2v) is 4.33. The van der Waals surface area contributed by atoms with Crippen molar-refractivity contribution >= 4 is 0 Å². The maximum atomic E-state index is 12.9. The van der Waals surface area contributed by atoms with Crippen molar-refractivity contribution in [2.75, 3.05) is 19.8 Å². The number of benzene rings is 1. The summed E-state index contributed by atoms with van der Waals surface area (Å²) in [5.74, 6) is 0. The molecule has 1 aliphatic rings. The Balaban J connectivity index is 2.51. The molecule has 0 amide bonds. The first-order valence-electron chi connectivity index (χ1n) is 5.44. The minimum absolute atomic E-state index is 0.167. The Labute approximate surface area is 97.6 Å². The molecule has 5 heteroatoms. The summed E-state index contributed by atoms with van der Waals surface area (Å²) < 4.78 is 44.0. The van der Waals surface area contributed by atoms with Crippen LogP contribution in [-0.4, -0.2) is 19.8 Å². The molecule has 2 nitrogen and oxygen atoms in total. The molecular formula is C12H14F3NO. The summed E-state index contributed by atoms with van der Waals surface area (Å²) in [6.45, 7) is 0.889. The van der Waals surface area contributed by atoms with E-state index >= 15 is 0 Å². The Hall–Kier alpha value is -1.07. The van der Waals surface area contributed by atoms with Gasteiger partial charge in [0.05, 0.1) is 12.2 Å². The predicted octanol–water partition coefficient (Wildman–Crippen LogP) is 2.32. The van der Waals surface area contributed by atoms with Crippen molar-refractivity contribution in [1.82, 2.24) is 0 Å². The second kappa shape index (κ2) is 4.31. The number of hydrogen-bond acceptors (Lipinski definition) is 2. The van der Waals surface area contributed by atoms with Crippen LogP contribution in [0.3, 0.4) is 0 Å². The van der Waals surface area contributed by atoms with Crippen molar-refractivity contribution in [3.63, 3.8) is 0 Å². The first-order valence-corrected chi connectivity index (χ1v) is 5.44. The van der Waals surface area contributed by atoms with Gasteiger partial charge in [0.25, 0.3) is 0 Å². The zero-order valence-electron chi connectivity index (χ0n) is 9.26. The van der Waals surface area contributed by atoms with E-state index in [0.717, 1.165) is 6.07 Å². The number of halogens is 3. The van der Waals surface area contributed by atoms with Gasteiger partial charge in [0, 0.05) is 18.6 Å². The van der Waals surface area contributed by atoms with Crippen LogP contribution in [0.1, 0.15) is 17.5 Å². The van der Waals surface area contributed by atoms with E-state index in [9.17, 15) is 13.2 Å². The lowest BCUT2D eigenvalue weighted by molar-refractivity contribution is -0.138. The Bertz CT molecular complexity index is 397. The first-order chi connectivity index (χ1) is 7.99. The zero-order valence-corrected chi connectivity index (χ0v) is 9.26. The SMILES string of the molecule is NCC1(c2ccccc2C(F)(F)F)CCOC1. The molecule has 17 heavy (non-hydrogen) atoms. The van der Waals surface area contributed by atoms with E-state index < -0.39 is 17.2 Å². The van der Waals surface area contributed by atoms with Crippen LogP contribution in [0.5, 0.6) is 0 Å². The highest BCUT2D eigenvalue weighted by Crippen LogP contribution is 2.40. The van der Waals surface area contributed by atoms with Crippen LogP contribution in [0.15, 0.2) is 24.3 Å². The monoisotopic (exact) mass is 245 g/mol. The molecule has 1 saturated heterocycles. The third kappa shape index (κ3) is 2.17. The topological polar surface area (TPSA) is 35.2 Å². The Morgan fingerprint density at radius 1 is 1.29 bits per heavy atom. The lowest BCUT2D eigenvalue weighted by Gasteiger charge is -2.29. The minimum atomic E-state index is -4.35. The predicted molar refractivity (Wildman–Crippen MR) is 57.6 cm³/mol. The van der Waals surface area contributed by atoms with Crippen LogP contribution in [0, 0.1) is 0 Å². The third-order valence-electron chi connectivity index (χ3n) is 3.30. The average molecular weight is 245 g/mol. The number of ether oxygens (including phenoxy) is 1. The quantitative estimate of drug-likeness (QED) is 0.867. The lowest BCUT2D eigenvalue weighted by atomic mass is 9.77. The van der Waals surface area contributed by atoms with Crippen LogP contribution < -0.4 is 5.73 Å². The highest BCUT2D eigenvalue weighted by atomic mass is 19.4.